The Morgan fingerprint density at radius 1 is 1.30 bits per heavy atom. The van der Waals surface area contributed by atoms with Crippen LogP contribution in [0.5, 0.6) is 0 Å². The minimum Gasteiger partial charge on any atom is -0.372 e. The van der Waals surface area contributed by atoms with Crippen molar-refractivity contribution in [3.63, 3.8) is 0 Å². The van der Waals surface area contributed by atoms with Gasteiger partial charge in [0.05, 0.1) is 12.2 Å². The molecule has 2 unspecified atom stereocenters. The molecule has 0 radical (unpaired) electrons. The molecule has 2 rings (SSSR count). The van der Waals surface area contributed by atoms with E-state index in [0.29, 0.717) is 23.8 Å². The molecule has 0 aromatic heterocycles. The maximum absolute atomic E-state index is 12.1. The Morgan fingerprint density at radius 2 is 1.95 bits per heavy atom. The first-order valence-corrected chi connectivity index (χ1v) is 6.85. The van der Waals surface area contributed by atoms with Gasteiger partial charge in [-0.2, -0.15) is 0 Å². The average molecular weight is 297 g/mol. The van der Waals surface area contributed by atoms with Crippen LogP contribution in [0.4, 0.5) is 5.69 Å². The Hall–Kier alpha value is -1.59. The second-order valence-corrected chi connectivity index (χ2v) is 5.37. The van der Waals surface area contributed by atoms with Crippen LogP contribution in [0.15, 0.2) is 24.3 Å². The highest BCUT2D eigenvalue weighted by Crippen LogP contribution is 2.16. The number of hydrogen-bond donors (Lipinski definition) is 1. The summed E-state index contributed by atoms with van der Waals surface area (Å²) in [4.78, 5) is 25.6. The molecule has 20 heavy (non-hydrogen) atoms. The maximum Gasteiger partial charge on any atom is 0.313 e. The minimum atomic E-state index is -0.659. The van der Waals surface area contributed by atoms with E-state index < -0.39 is 11.8 Å². The summed E-state index contributed by atoms with van der Waals surface area (Å²) in [6.07, 6.45) is -0.136. The average Bonchev–Trinajstić information content (AvgIpc) is 2.36. The fourth-order valence-electron chi connectivity index (χ4n) is 2.24. The first-order valence-electron chi connectivity index (χ1n) is 6.47. The van der Waals surface area contributed by atoms with Crippen LogP contribution in [0.3, 0.4) is 0 Å². The van der Waals surface area contributed by atoms with Crippen LogP contribution < -0.4 is 5.32 Å². The van der Waals surface area contributed by atoms with Crippen LogP contribution >= 0.6 is 11.6 Å². The zero-order valence-corrected chi connectivity index (χ0v) is 12.2. The highest BCUT2D eigenvalue weighted by atomic mass is 35.5. The van der Waals surface area contributed by atoms with Crippen LogP contribution in [0, 0.1) is 0 Å². The first-order chi connectivity index (χ1) is 9.45. The molecule has 6 heteroatoms. The number of anilines is 1. The number of ether oxygens (including phenoxy) is 1. The van der Waals surface area contributed by atoms with E-state index in [-0.39, 0.29) is 12.2 Å². The topological polar surface area (TPSA) is 58.6 Å². The molecular formula is C14H17ClN2O3. The Kier molecular flexibility index (Phi) is 4.62. The van der Waals surface area contributed by atoms with Crippen molar-refractivity contribution in [1.29, 1.82) is 0 Å². The number of rotatable bonds is 1. The van der Waals surface area contributed by atoms with Crippen molar-refractivity contribution in [2.75, 3.05) is 18.4 Å². The summed E-state index contributed by atoms with van der Waals surface area (Å²) < 4.78 is 5.54. The predicted octanol–water partition coefficient (Wildman–Crippen LogP) is 1.91. The fourth-order valence-corrected chi connectivity index (χ4v) is 2.43. The molecule has 2 atom stereocenters. The van der Waals surface area contributed by atoms with Crippen molar-refractivity contribution in [2.45, 2.75) is 26.1 Å². The van der Waals surface area contributed by atoms with Crippen LogP contribution in [-0.4, -0.2) is 42.0 Å². The molecule has 1 heterocycles. The Bertz CT molecular complexity index is 511. The number of carbonyl (C=O) groups is 2. The Morgan fingerprint density at radius 3 is 2.55 bits per heavy atom. The van der Waals surface area contributed by atoms with E-state index >= 15 is 0 Å². The Labute approximate surface area is 122 Å². The van der Waals surface area contributed by atoms with E-state index in [1.165, 1.54) is 4.90 Å². The minimum absolute atomic E-state index is 0.0679. The number of amides is 2. The van der Waals surface area contributed by atoms with E-state index in [4.69, 9.17) is 16.3 Å². The summed E-state index contributed by atoms with van der Waals surface area (Å²) in [5.74, 6) is -1.21. The van der Waals surface area contributed by atoms with Gasteiger partial charge in [0.1, 0.15) is 0 Å². The van der Waals surface area contributed by atoms with Gasteiger partial charge < -0.3 is 15.0 Å². The van der Waals surface area contributed by atoms with Crippen molar-refractivity contribution < 1.29 is 14.3 Å². The number of morpholine rings is 1. The van der Waals surface area contributed by atoms with Crippen molar-refractivity contribution in [1.82, 2.24) is 4.90 Å². The third kappa shape index (κ3) is 3.71. The molecule has 108 valence electrons. The van der Waals surface area contributed by atoms with Gasteiger partial charge >= 0.3 is 11.8 Å². The van der Waals surface area contributed by atoms with Crippen molar-refractivity contribution in [2.24, 2.45) is 0 Å². The molecule has 1 aromatic rings. The van der Waals surface area contributed by atoms with Gasteiger partial charge in [-0.3, -0.25) is 9.59 Å². The maximum atomic E-state index is 12.1. The van der Waals surface area contributed by atoms with Gasteiger partial charge in [0.15, 0.2) is 0 Å². The quantitative estimate of drug-likeness (QED) is 0.806. The number of carbonyl (C=O) groups excluding carboxylic acids is 2. The Balaban J connectivity index is 2.00. The lowest BCUT2D eigenvalue weighted by Crippen LogP contribution is -2.51. The summed E-state index contributed by atoms with van der Waals surface area (Å²) in [7, 11) is 0. The van der Waals surface area contributed by atoms with Gasteiger partial charge in [-0.1, -0.05) is 17.7 Å². The lowest BCUT2D eigenvalue weighted by atomic mass is 10.2. The normalized spacial score (nSPS) is 22.4. The molecule has 0 saturated carbocycles. The highest BCUT2D eigenvalue weighted by Gasteiger charge is 2.29. The van der Waals surface area contributed by atoms with E-state index in [1.807, 2.05) is 13.8 Å². The van der Waals surface area contributed by atoms with Gasteiger partial charge in [0, 0.05) is 23.8 Å². The second-order valence-electron chi connectivity index (χ2n) is 4.93. The summed E-state index contributed by atoms with van der Waals surface area (Å²) in [5, 5.41) is 3.06. The van der Waals surface area contributed by atoms with Crippen molar-refractivity contribution in [3.8, 4) is 0 Å². The first kappa shape index (κ1) is 14.8. The van der Waals surface area contributed by atoms with Crippen molar-refractivity contribution in [3.05, 3.63) is 29.3 Å². The molecule has 0 bridgehead atoms. The van der Waals surface area contributed by atoms with Gasteiger partial charge in [-0.25, -0.2) is 0 Å². The molecule has 5 nitrogen and oxygen atoms in total. The molecule has 1 fully saturated rings. The van der Waals surface area contributed by atoms with Gasteiger partial charge in [-0.05, 0) is 32.0 Å². The lowest BCUT2D eigenvalue weighted by molar-refractivity contribution is -0.151. The third-order valence-electron chi connectivity index (χ3n) is 2.98. The van der Waals surface area contributed by atoms with E-state index in [9.17, 15) is 9.59 Å². The second kappa shape index (κ2) is 6.24. The molecule has 1 saturated heterocycles. The lowest BCUT2D eigenvalue weighted by Gasteiger charge is -2.34. The number of hydrogen-bond acceptors (Lipinski definition) is 3. The zero-order valence-electron chi connectivity index (χ0n) is 11.4. The van der Waals surface area contributed by atoms with Crippen LogP contribution in [0.1, 0.15) is 13.8 Å². The molecule has 1 aliphatic heterocycles. The van der Waals surface area contributed by atoms with Gasteiger partial charge in [0.25, 0.3) is 0 Å². The van der Waals surface area contributed by atoms with E-state index in [2.05, 4.69) is 5.32 Å². The standard InChI is InChI=1S/C14H17ClN2O3/c1-9-7-17(8-10(2)20-9)14(19)13(18)16-12-5-3-4-11(15)6-12/h3-6,9-10H,7-8H2,1-2H3,(H,16,18). The summed E-state index contributed by atoms with van der Waals surface area (Å²) in [5.41, 5.74) is 0.505. The van der Waals surface area contributed by atoms with Gasteiger partial charge in [0.2, 0.25) is 0 Å². The zero-order chi connectivity index (χ0) is 14.7. The summed E-state index contributed by atoms with van der Waals surface area (Å²) >= 11 is 5.83. The molecule has 2 amide bonds. The molecule has 1 N–H and O–H groups in total. The molecule has 1 aromatic carbocycles. The largest absolute Gasteiger partial charge is 0.372 e. The predicted molar refractivity (Wildman–Crippen MR) is 76.7 cm³/mol. The van der Waals surface area contributed by atoms with Crippen LogP contribution in [0.2, 0.25) is 5.02 Å². The van der Waals surface area contributed by atoms with Crippen molar-refractivity contribution >= 4 is 29.1 Å². The number of benzene rings is 1. The third-order valence-corrected chi connectivity index (χ3v) is 3.22. The van der Waals surface area contributed by atoms with Crippen LogP contribution in [0.25, 0.3) is 0 Å². The molecule has 1 aliphatic rings. The monoisotopic (exact) mass is 296 g/mol. The fraction of sp³-hybridized carbons (Fsp3) is 0.429. The van der Waals surface area contributed by atoms with E-state index in [1.54, 1.807) is 24.3 Å². The van der Waals surface area contributed by atoms with E-state index in [0.717, 1.165) is 0 Å². The van der Waals surface area contributed by atoms with Crippen LogP contribution in [-0.2, 0) is 14.3 Å². The number of halogens is 1. The molecule has 0 spiro atoms. The number of nitrogens with zero attached hydrogens (tertiary/aromatic N) is 1. The smallest absolute Gasteiger partial charge is 0.313 e. The highest BCUT2D eigenvalue weighted by molar-refractivity contribution is 6.39. The molecule has 0 aliphatic carbocycles. The number of nitrogens with one attached hydrogen (secondary N) is 1. The summed E-state index contributed by atoms with van der Waals surface area (Å²) in [6.45, 7) is 4.61. The summed E-state index contributed by atoms with van der Waals surface area (Å²) in [6, 6.07) is 6.69. The van der Waals surface area contributed by atoms with Gasteiger partial charge in [-0.15, -0.1) is 0 Å². The SMILES string of the molecule is CC1CN(C(=O)C(=O)Nc2cccc(Cl)c2)CC(C)O1. The molecular weight excluding hydrogens is 280 g/mol.